The number of nitrogens with zero attached hydrogens (tertiary/aromatic N) is 2. The van der Waals surface area contributed by atoms with E-state index in [2.05, 4.69) is 46.4 Å². The van der Waals surface area contributed by atoms with Crippen LogP contribution >= 0.6 is 11.3 Å². The minimum atomic E-state index is 0.929. The lowest BCUT2D eigenvalue weighted by Gasteiger charge is -2.19. The zero-order valence-corrected chi connectivity index (χ0v) is 12.7. The summed E-state index contributed by atoms with van der Waals surface area (Å²) in [5.74, 6) is 0. The molecule has 0 fully saturated rings. The lowest BCUT2D eigenvalue weighted by molar-refractivity contribution is 0.734. The third-order valence-corrected chi connectivity index (χ3v) is 4.77. The first-order valence-electron chi connectivity index (χ1n) is 7.34. The Morgan fingerprint density at radius 1 is 1.30 bits per heavy atom. The van der Waals surface area contributed by atoms with Crippen molar-refractivity contribution in [3.63, 3.8) is 0 Å². The van der Waals surface area contributed by atoms with Crippen molar-refractivity contribution in [2.75, 3.05) is 18.0 Å². The van der Waals surface area contributed by atoms with Crippen LogP contribution in [0, 0.1) is 0 Å². The highest BCUT2D eigenvalue weighted by molar-refractivity contribution is 7.15. The number of aromatic nitrogens is 1. The number of hydrogen-bond donors (Lipinski definition) is 1. The van der Waals surface area contributed by atoms with E-state index in [1.54, 1.807) is 0 Å². The molecule has 0 bridgehead atoms. The van der Waals surface area contributed by atoms with Crippen molar-refractivity contribution in [3.05, 3.63) is 46.5 Å². The van der Waals surface area contributed by atoms with Crippen molar-refractivity contribution in [2.24, 2.45) is 0 Å². The molecule has 1 aliphatic heterocycles. The van der Waals surface area contributed by atoms with E-state index in [0.717, 1.165) is 31.3 Å². The maximum atomic E-state index is 4.61. The van der Waals surface area contributed by atoms with Crippen LogP contribution in [0.3, 0.4) is 0 Å². The summed E-state index contributed by atoms with van der Waals surface area (Å²) in [6.45, 7) is 6.16. The van der Waals surface area contributed by atoms with Crippen LogP contribution in [0.4, 0.5) is 5.13 Å². The molecule has 1 aliphatic rings. The zero-order valence-electron chi connectivity index (χ0n) is 11.9. The Kier molecular flexibility index (Phi) is 4.33. The van der Waals surface area contributed by atoms with Gasteiger partial charge in [-0.1, -0.05) is 31.2 Å². The van der Waals surface area contributed by atoms with Crippen LogP contribution in [0.1, 0.15) is 29.3 Å². The molecule has 1 N–H and O–H groups in total. The average molecular weight is 287 g/mol. The van der Waals surface area contributed by atoms with Crippen LogP contribution in [0.2, 0.25) is 0 Å². The molecular formula is C16H21N3S. The first-order chi connectivity index (χ1) is 9.86. The first-order valence-corrected chi connectivity index (χ1v) is 8.15. The van der Waals surface area contributed by atoms with Crippen LogP contribution in [0.15, 0.2) is 30.5 Å². The van der Waals surface area contributed by atoms with E-state index in [4.69, 9.17) is 0 Å². The van der Waals surface area contributed by atoms with E-state index in [9.17, 15) is 0 Å². The second-order valence-corrected chi connectivity index (χ2v) is 6.28. The van der Waals surface area contributed by atoms with Gasteiger partial charge in [0, 0.05) is 30.7 Å². The molecule has 4 heteroatoms. The third-order valence-electron chi connectivity index (χ3n) is 3.71. The Balaban J connectivity index is 1.75. The van der Waals surface area contributed by atoms with Crippen LogP contribution in [0.25, 0.3) is 0 Å². The molecule has 1 aromatic heterocycles. The average Bonchev–Trinajstić information content (AvgIpc) is 2.84. The number of benzene rings is 1. The second-order valence-electron chi connectivity index (χ2n) is 5.18. The van der Waals surface area contributed by atoms with Gasteiger partial charge in [0.15, 0.2) is 5.13 Å². The van der Waals surface area contributed by atoms with E-state index in [1.807, 2.05) is 17.5 Å². The van der Waals surface area contributed by atoms with Gasteiger partial charge < -0.3 is 10.2 Å². The normalized spacial score (nSPS) is 14.9. The van der Waals surface area contributed by atoms with Gasteiger partial charge >= 0.3 is 0 Å². The summed E-state index contributed by atoms with van der Waals surface area (Å²) in [6, 6.07) is 8.80. The Morgan fingerprint density at radius 3 is 3.00 bits per heavy atom. The minimum absolute atomic E-state index is 0.929. The molecule has 3 rings (SSSR count). The molecule has 0 saturated heterocycles. The van der Waals surface area contributed by atoms with Gasteiger partial charge in [-0.3, -0.25) is 0 Å². The molecule has 3 nitrogen and oxygen atoms in total. The van der Waals surface area contributed by atoms with Gasteiger partial charge in [0.2, 0.25) is 0 Å². The molecule has 2 aromatic rings. The summed E-state index contributed by atoms with van der Waals surface area (Å²) in [5, 5.41) is 4.52. The van der Waals surface area contributed by atoms with Crippen LogP contribution in [-0.2, 0) is 19.5 Å². The van der Waals surface area contributed by atoms with Crippen molar-refractivity contribution < 1.29 is 0 Å². The van der Waals surface area contributed by atoms with E-state index in [1.165, 1.54) is 28.8 Å². The fourth-order valence-electron chi connectivity index (χ4n) is 2.64. The molecule has 2 heterocycles. The topological polar surface area (TPSA) is 28.2 Å². The fourth-order valence-corrected chi connectivity index (χ4v) is 3.54. The summed E-state index contributed by atoms with van der Waals surface area (Å²) in [6.07, 6.45) is 4.40. The second kappa shape index (κ2) is 6.37. The SMILES string of the molecule is CCNCc1cnc(N2CCCc3ccccc3C2)s1. The highest BCUT2D eigenvalue weighted by Gasteiger charge is 2.16. The fraction of sp³-hybridized carbons (Fsp3) is 0.438. The molecule has 0 atom stereocenters. The molecule has 0 unspecified atom stereocenters. The van der Waals surface area contributed by atoms with Gasteiger partial charge in [-0.2, -0.15) is 0 Å². The number of aryl methyl sites for hydroxylation is 1. The van der Waals surface area contributed by atoms with Gasteiger partial charge in [0.1, 0.15) is 0 Å². The Hall–Kier alpha value is -1.39. The van der Waals surface area contributed by atoms with E-state index >= 15 is 0 Å². The van der Waals surface area contributed by atoms with Gasteiger partial charge in [0.05, 0.1) is 0 Å². The van der Waals surface area contributed by atoms with E-state index in [0.29, 0.717) is 0 Å². The van der Waals surface area contributed by atoms with Crippen molar-refractivity contribution in [3.8, 4) is 0 Å². The van der Waals surface area contributed by atoms with Gasteiger partial charge in [-0.25, -0.2) is 4.98 Å². The summed E-state index contributed by atoms with van der Waals surface area (Å²) < 4.78 is 0. The van der Waals surface area contributed by atoms with E-state index < -0.39 is 0 Å². The largest absolute Gasteiger partial charge is 0.344 e. The van der Waals surface area contributed by atoms with Crippen molar-refractivity contribution in [2.45, 2.75) is 32.9 Å². The van der Waals surface area contributed by atoms with Crippen molar-refractivity contribution in [1.29, 1.82) is 0 Å². The lowest BCUT2D eigenvalue weighted by Crippen LogP contribution is -2.22. The predicted octanol–water partition coefficient (Wildman–Crippen LogP) is 3.21. The quantitative estimate of drug-likeness (QED) is 0.936. The maximum absolute atomic E-state index is 4.61. The van der Waals surface area contributed by atoms with Gasteiger partial charge in [-0.05, 0) is 30.5 Å². The molecule has 0 radical (unpaired) electrons. The Morgan fingerprint density at radius 2 is 2.15 bits per heavy atom. The van der Waals surface area contributed by atoms with E-state index in [-0.39, 0.29) is 0 Å². The molecule has 1 aromatic carbocycles. The molecular weight excluding hydrogens is 266 g/mol. The van der Waals surface area contributed by atoms with Crippen molar-refractivity contribution in [1.82, 2.24) is 10.3 Å². The minimum Gasteiger partial charge on any atom is -0.344 e. The predicted molar refractivity (Wildman–Crippen MR) is 85.3 cm³/mol. The van der Waals surface area contributed by atoms with Crippen LogP contribution < -0.4 is 10.2 Å². The van der Waals surface area contributed by atoms with Crippen LogP contribution in [0.5, 0.6) is 0 Å². The summed E-state index contributed by atoms with van der Waals surface area (Å²) >= 11 is 1.82. The summed E-state index contributed by atoms with van der Waals surface area (Å²) in [7, 11) is 0. The summed E-state index contributed by atoms with van der Waals surface area (Å²) in [4.78, 5) is 8.35. The molecule has 0 aliphatic carbocycles. The number of anilines is 1. The van der Waals surface area contributed by atoms with Crippen molar-refractivity contribution >= 4 is 16.5 Å². The highest BCUT2D eigenvalue weighted by atomic mass is 32.1. The third kappa shape index (κ3) is 3.02. The number of rotatable bonds is 4. The monoisotopic (exact) mass is 287 g/mol. The molecule has 106 valence electrons. The Bertz CT molecular complexity index is 564. The molecule has 0 saturated carbocycles. The number of nitrogens with one attached hydrogen (secondary N) is 1. The molecule has 0 spiro atoms. The number of fused-ring (bicyclic) bond motifs is 1. The standard InChI is InChI=1S/C16H21N3S/c1-2-17-10-15-11-18-16(20-15)19-9-5-8-13-6-3-4-7-14(13)12-19/h3-4,6-7,11,17H,2,5,8-10,12H2,1H3. The number of thiazole rings is 1. The first kappa shape index (κ1) is 13.6. The van der Waals surface area contributed by atoms with Gasteiger partial charge in [-0.15, -0.1) is 11.3 Å². The zero-order chi connectivity index (χ0) is 13.8. The molecule has 0 amide bonds. The summed E-state index contributed by atoms with van der Waals surface area (Å²) in [5.41, 5.74) is 2.95. The highest BCUT2D eigenvalue weighted by Crippen LogP contribution is 2.27. The smallest absolute Gasteiger partial charge is 0.185 e. The lowest BCUT2D eigenvalue weighted by atomic mass is 10.0. The molecule has 20 heavy (non-hydrogen) atoms. The van der Waals surface area contributed by atoms with Crippen LogP contribution in [-0.4, -0.2) is 18.1 Å². The number of hydrogen-bond acceptors (Lipinski definition) is 4. The Labute approximate surface area is 124 Å². The maximum Gasteiger partial charge on any atom is 0.185 e. The van der Waals surface area contributed by atoms with Gasteiger partial charge in [0.25, 0.3) is 0 Å².